The second-order valence-corrected chi connectivity index (χ2v) is 6.06. The Kier molecular flexibility index (Phi) is 5.35. The second-order valence-electron chi connectivity index (χ2n) is 6.06. The number of carbonyl (C=O) groups is 1. The van der Waals surface area contributed by atoms with Crippen LogP contribution in [0.5, 0.6) is 0 Å². The van der Waals surface area contributed by atoms with Crippen LogP contribution in [0.3, 0.4) is 0 Å². The summed E-state index contributed by atoms with van der Waals surface area (Å²) in [6.07, 6.45) is 5.19. The molecule has 27 heavy (non-hydrogen) atoms. The first-order valence-electron chi connectivity index (χ1n) is 8.47. The number of imidazole rings is 1. The topological polar surface area (TPSA) is 88.1 Å². The van der Waals surface area contributed by atoms with Gasteiger partial charge in [-0.3, -0.25) is 18.7 Å². The summed E-state index contributed by atoms with van der Waals surface area (Å²) in [5.74, 6) is -0.379. The summed E-state index contributed by atoms with van der Waals surface area (Å²) in [6, 6.07) is 9.71. The standard InChI is InChI=1S/C19H20N4O4/c1-21-17-16(18(25)22(2)19(21)26)23(13-20-17)11-10-15(24)27-12-6-9-14-7-4-3-5-8-14/h3-9,13H,10-12H2,1-2H3/b9-6-. The van der Waals surface area contributed by atoms with Crippen molar-refractivity contribution in [2.45, 2.75) is 13.0 Å². The number of benzene rings is 1. The molecule has 3 aromatic rings. The number of fused-ring (bicyclic) bond motifs is 1. The highest BCUT2D eigenvalue weighted by Gasteiger charge is 2.14. The number of esters is 1. The molecule has 140 valence electrons. The molecule has 0 saturated heterocycles. The van der Waals surface area contributed by atoms with E-state index in [2.05, 4.69) is 4.98 Å². The Morgan fingerprint density at radius 1 is 1.15 bits per heavy atom. The molecule has 0 amide bonds. The van der Waals surface area contributed by atoms with Gasteiger partial charge < -0.3 is 9.30 Å². The molecule has 0 aliphatic rings. The molecule has 0 atom stereocenters. The fourth-order valence-corrected chi connectivity index (χ4v) is 2.74. The van der Waals surface area contributed by atoms with Crippen molar-refractivity contribution in [3.63, 3.8) is 0 Å². The number of carbonyl (C=O) groups excluding carboxylic acids is 1. The van der Waals surface area contributed by atoms with E-state index in [0.717, 1.165) is 10.1 Å². The quantitative estimate of drug-likeness (QED) is 0.608. The zero-order valence-corrected chi connectivity index (χ0v) is 15.2. The van der Waals surface area contributed by atoms with Crippen LogP contribution in [0.4, 0.5) is 0 Å². The number of hydrogen-bond acceptors (Lipinski definition) is 5. The average Bonchev–Trinajstić information content (AvgIpc) is 3.11. The van der Waals surface area contributed by atoms with Crippen molar-refractivity contribution in [2.75, 3.05) is 6.61 Å². The predicted molar refractivity (Wildman–Crippen MR) is 101 cm³/mol. The van der Waals surface area contributed by atoms with Gasteiger partial charge in [0, 0.05) is 20.6 Å². The van der Waals surface area contributed by atoms with Gasteiger partial charge in [0.15, 0.2) is 11.2 Å². The molecule has 8 nitrogen and oxygen atoms in total. The molecular formula is C19H20N4O4. The maximum atomic E-state index is 12.3. The van der Waals surface area contributed by atoms with Crippen molar-refractivity contribution in [3.8, 4) is 0 Å². The van der Waals surface area contributed by atoms with Gasteiger partial charge >= 0.3 is 11.7 Å². The highest BCUT2D eigenvalue weighted by atomic mass is 16.5. The minimum Gasteiger partial charge on any atom is -0.461 e. The molecular weight excluding hydrogens is 348 g/mol. The molecule has 0 N–H and O–H groups in total. The number of aromatic nitrogens is 4. The van der Waals surface area contributed by atoms with E-state index in [9.17, 15) is 14.4 Å². The normalized spacial score (nSPS) is 11.3. The van der Waals surface area contributed by atoms with Crippen LogP contribution in [0.25, 0.3) is 17.2 Å². The number of ether oxygens (including phenoxy) is 1. The number of aryl methyl sites for hydroxylation is 2. The smallest absolute Gasteiger partial charge is 0.332 e. The zero-order valence-electron chi connectivity index (χ0n) is 15.2. The lowest BCUT2D eigenvalue weighted by Crippen LogP contribution is -2.37. The highest BCUT2D eigenvalue weighted by Crippen LogP contribution is 2.07. The summed E-state index contributed by atoms with van der Waals surface area (Å²) in [6.45, 7) is 0.417. The van der Waals surface area contributed by atoms with Gasteiger partial charge in [0.1, 0.15) is 6.61 Å². The molecule has 0 radical (unpaired) electrons. The second kappa shape index (κ2) is 7.86. The summed E-state index contributed by atoms with van der Waals surface area (Å²) in [5.41, 5.74) is 0.727. The van der Waals surface area contributed by atoms with Crippen LogP contribution in [-0.4, -0.2) is 31.3 Å². The van der Waals surface area contributed by atoms with E-state index >= 15 is 0 Å². The van der Waals surface area contributed by atoms with Gasteiger partial charge in [-0.2, -0.15) is 0 Å². The van der Waals surface area contributed by atoms with Crippen molar-refractivity contribution in [1.29, 1.82) is 0 Å². The summed E-state index contributed by atoms with van der Waals surface area (Å²) < 4.78 is 9.07. The van der Waals surface area contributed by atoms with Gasteiger partial charge in [-0.05, 0) is 11.6 Å². The van der Waals surface area contributed by atoms with Crippen molar-refractivity contribution in [3.05, 3.63) is 69.1 Å². The molecule has 0 aliphatic heterocycles. The molecule has 8 heteroatoms. The lowest BCUT2D eigenvalue weighted by Gasteiger charge is -2.06. The minimum absolute atomic E-state index is 0.0939. The minimum atomic E-state index is -0.442. The highest BCUT2D eigenvalue weighted by molar-refractivity contribution is 5.72. The fraction of sp³-hybridized carbons (Fsp3) is 0.263. The van der Waals surface area contributed by atoms with Crippen LogP contribution in [0, 0.1) is 0 Å². The van der Waals surface area contributed by atoms with E-state index in [1.165, 1.54) is 17.9 Å². The van der Waals surface area contributed by atoms with Crippen LogP contribution in [-0.2, 0) is 30.2 Å². The Balaban J connectivity index is 1.62. The summed E-state index contributed by atoms with van der Waals surface area (Å²) in [5, 5.41) is 0. The van der Waals surface area contributed by atoms with Gasteiger partial charge in [0.25, 0.3) is 5.56 Å². The van der Waals surface area contributed by atoms with Crippen molar-refractivity contribution in [2.24, 2.45) is 14.1 Å². The molecule has 0 fully saturated rings. The third-order valence-corrected chi connectivity index (χ3v) is 4.22. The maximum absolute atomic E-state index is 12.3. The first-order chi connectivity index (χ1) is 13.0. The summed E-state index contributed by atoms with van der Waals surface area (Å²) >= 11 is 0. The van der Waals surface area contributed by atoms with Crippen LogP contribution in [0.2, 0.25) is 0 Å². The summed E-state index contributed by atoms with van der Waals surface area (Å²) in [4.78, 5) is 40.3. The lowest BCUT2D eigenvalue weighted by atomic mass is 10.2. The fourth-order valence-electron chi connectivity index (χ4n) is 2.74. The molecule has 2 heterocycles. The molecule has 0 saturated carbocycles. The van der Waals surface area contributed by atoms with Crippen molar-refractivity contribution < 1.29 is 9.53 Å². The zero-order chi connectivity index (χ0) is 19.4. The van der Waals surface area contributed by atoms with E-state index in [4.69, 9.17) is 4.74 Å². The molecule has 1 aromatic carbocycles. The van der Waals surface area contributed by atoms with Gasteiger partial charge in [0.05, 0.1) is 12.7 Å². The molecule has 0 bridgehead atoms. The van der Waals surface area contributed by atoms with Crippen LogP contribution in [0.1, 0.15) is 12.0 Å². The first-order valence-corrected chi connectivity index (χ1v) is 8.47. The summed E-state index contributed by atoms with van der Waals surface area (Å²) in [7, 11) is 2.96. The Bertz CT molecular complexity index is 1110. The molecule has 0 aliphatic carbocycles. The number of nitrogens with zero attached hydrogens (tertiary/aromatic N) is 4. The van der Waals surface area contributed by atoms with E-state index in [1.807, 2.05) is 36.4 Å². The van der Waals surface area contributed by atoms with Crippen molar-refractivity contribution in [1.82, 2.24) is 18.7 Å². The number of hydrogen-bond donors (Lipinski definition) is 0. The Hall–Kier alpha value is -3.42. The van der Waals surface area contributed by atoms with E-state index < -0.39 is 11.2 Å². The predicted octanol–water partition coefficient (Wildman–Crippen LogP) is 1.08. The molecule has 3 rings (SSSR count). The average molecular weight is 368 g/mol. The van der Waals surface area contributed by atoms with Gasteiger partial charge in [0.2, 0.25) is 0 Å². The molecule has 0 unspecified atom stereocenters. The Morgan fingerprint density at radius 3 is 2.63 bits per heavy atom. The monoisotopic (exact) mass is 368 g/mol. The van der Waals surface area contributed by atoms with Gasteiger partial charge in [-0.15, -0.1) is 0 Å². The van der Waals surface area contributed by atoms with Crippen LogP contribution >= 0.6 is 0 Å². The van der Waals surface area contributed by atoms with Gasteiger partial charge in [-0.1, -0.05) is 36.4 Å². The first kappa shape index (κ1) is 18.4. The third-order valence-electron chi connectivity index (χ3n) is 4.22. The molecule has 2 aromatic heterocycles. The van der Waals surface area contributed by atoms with Gasteiger partial charge in [-0.25, -0.2) is 9.78 Å². The SMILES string of the molecule is Cn1c(=O)c2c(ncn2CCC(=O)OC/C=C\c2ccccc2)n(C)c1=O. The van der Waals surface area contributed by atoms with Crippen LogP contribution < -0.4 is 11.2 Å². The third kappa shape index (κ3) is 3.89. The van der Waals surface area contributed by atoms with E-state index in [-0.39, 0.29) is 31.1 Å². The van der Waals surface area contributed by atoms with E-state index in [0.29, 0.717) is 5.65 Å². The largest absolute Gasteiger partial charge is 0.461 e. The van der Waals surface area contributed by atoms with E-state index in [1.54, 1.807) is 17.7 Å². The maximum Gasteiger partial charge on any atom is 0.332 e. The lowest BCUT2D eigenvalue weighted by molar-refractivity contribution is -0.142. The Morgan fingerprint density at radius 2 is 1.89 bits per heavy atom. The Labute approximate surface area is 154 Å². The van der Waals surface area contributed by atoms with Crippen molar-refractivity contribution >= 4 is 23.2 Å². The number of rotatable bonds is 6. The molecule has 0 spiro atoms. The van der Waals surface area contributed by atoms with Crippen LogP contribution in [0.15, 0.2) is 52.3 Å².